The molecule has 1 heterocycles. The smallest absolute Gasteiger partial charge is 0.228 e. The van der Waals surface area contributed by atoms with Crippen LogP contribution < -0.4 is 14.8 Å². The first-order valence-electron chi connectivity index (χ1n) is 10.6. The second-order valence-electron chi connectivity index (χ2n) is 9.17. The monoisotopic (exact) mass is 423 g/mol. The van der Waals surface area contributed by atoms with Gasteiger partial charge in [-0.2, -0.15) is 0 Å². The molecular weight excluding hydrogens is 390 g/mol. The molecule has 0 unspecified atom stereocenters. The van der Waals surface area contributed by atoms with Crippen molar-refractivity contribution in [1.82, 2.24) is 9.71 Å². The van der Waals surface area contributed by atoms with Crippen molar-refractivity contribution in [2.75, 3.05) is 5.32 Å². The molecular formula is C21H33N3O4S. The number of anilines is 1. The predicted molar refractivity (Wildman–Crippen MR) is 113 cm³/mol. The Balaban J connectivity index is 1.50. The zero-order valence-corrected chi connectivity index (χ0v) is 18.4. The van der Waals surface area contributed by atoms with Gasteiger partial charge >= 0.3 is 0 Å². The fourth-order valence-electron chi connectivity index (χ4n) is 3.85. The zero-order valence-electron chi connectivity index (χ0n) is 17.6. The quantitative estimate of drug-likeness (QED) is 0.728. The molecule has 3 rings (SSSR count). The van der Waals surface area contributed by atoms with Gasteiger partial charge in [0, 0.05) is 24.2 Å². The third kappa shape index (κ3) is 5.92. The zero-order chi connectivity index (χ0) is 21.1. The highest BCUT2D eigenvalue weighted by atomic mass is 32.2. The van der Waals surface area contributed by atoms with E-state index >= 15 is 0 Å². The second-order valence-corrected chi connectivity index (χ2v) is 11.6. The minimum Gasteiger partial charge on any atom is -0.490 e. The third-order valence-electron chi connectivity index (χ3n) is 5.81. The lowest BCUT2D eigenvalue weighted by atomic mass is 9.86. The van der Waals surface area contributed by atoms with Gasteiger partial charge in [-0.15, -0.1) is 0 Å². The van der Waals surface area contributed by atoms with E-state index in [1.165, 1.54) is 12.8 Å². The highest BCUT2D eigenvalue weighted by Crippen LogP contribution is 2.28. The maximum atomic E-state index is 12.6. The lowest BCUT2D eigenvalue weighted by molar-refractivity contribution is -0.120. The van der Waals surface area contributed by atoms with Crippen LogP contribution in [0, 0.1) is 5.92 Å². The first-order valence-corrected chi connectivity index (χ1v) is 12.1. The van der Waals surface area contributed by atoms with Crippen LogP contribution in [0.25, 0.3) is 0 Å². The summed E-state index contributed by atoms with van der Waals surface area (Å²) in [5.74, 6) is 1.04. The highest BCUT2D eigenvalue weighted by molar-refractivity contribution is 7.90. The molecule has 1 amide bonds. The topological polar surface area (TPSA) is 97.4 Å². The van der Waals surface area contributed by atoms with Crippen molar-refractivity contribution in [3.63, 3.8) is 0 Å². The molecule has 0 aromatic carbocycles. The van der Waals surface area contributed by atoms with Crippen LogP contribution in [-0.4, -0.2) is 36.2 Å². The molecule has 162 valence electrons. The van der Waals surface area contributed by atoms with E-state index in [0.717, 1.165) is 18.6 Å². The molecule has 0 spiro atoms. The van der Waals surface area contributed by atoms with Gasteiger partial charge in [-0.05, 0) is 78.2 Å². The van der Waals surface area contributed by atoms with Crippen molar-refractivity contribution in [1.29, 1.82) is 0 Å². The molecule has 0 aliphatic heterocycles. The Bertz CT molecular complexity index is 805. The van der Waals surface area contributed by atoms with Gasteiger partial charge in [-0.25, -0.2) is 18.1 Å². The molecule has 2 aliphatic carbocycles. The average Bonchev–Trinajstić information content (AvgIpc) is 3.14. The largest absolute Gasteiger partial charge is 0.490 e. The Kier molecular flexibility index (Phi) is 6.83. The molecule has 0 atom stereocenters. The summed E-state index contributed by atoms with van der Waals surface area (Å²) in [6.45, 7) is 5.06. The molecule has 1 aromatic heterocycles. The van der Waals surface area contributed by atoms with Crippen molar-refractivity contribution in [2.24, 2.45) is 5.92 Å². The molecule has 0 bridgehead atoms. The number of amides is 1. The van der Waals surface area contributed by atoms with E-state index in [1.54, 1.807) is 33.0 Å². The Hall–Kier alpha value is -1.67. The molecule has 8 heteroatoms. The third-order valence-corrected chi connectivity index (χ3v) is 8.07. The maximum Gasteiger partial charge on any atom is 0.228 e. The summed E-state index contributed by atoms with van der Waals surface area (Å²) in [5.41, 5.74) is 0. The number of nitrogens with one attached hydrogen (secondary N) is 2. The highest BCUT2D eigenvalue weighted by Gasteiger charge is 2.34. The van der Waals surface area contributed by atoms with Crippen LogP contribution in [-0.2, 0) is 14.8 Å². The second kappa shape index (κ2) is 9.00. The molecule has 2 saturated carbocycles. The van der Waals surface area contributed by atoms with E-state index in [1.807, 2.05) is 6.07 Å². The molecule has 0 radical (unpaired) electrons. The minimum atomic E-state index is -3.37. The van der Waals surface area contributed by atoms with Crippen LogP contribution in [0.4, 0.5) is 5.82 Å². The minimum absolute atomic E-state index is 0.0624. The number of aromatic nitrogens is 1. The van der Waals surface area contributed by atoms with Crippen molar-refractivity contribution in [3.05, 3.63) is 18.3 Å². The molecule has 2 fully saturated rings. The van der Waals surface area contributed by atoms with Crippen molar-refractivity contribution < 1.29 is 17.9 Å². The van der Waals surface area contributed by atoms with Gasteiger partial charge in [0.15, 0.2) is 0 Å². The number of ether oxygens (including phenoxy) is 1. The number of rotatable bonds is 6. The number of hydrogen-bond donors (Lipinski definition) is 2. The van der Waals surface area contributed by atoms with Gasteiger partial charge in [0.05, 0.1) is 10.9 Å². The van der Waals surface area contributed by atoms with E-state index in [0.29, 0.717) is 31.5 Å². The summed E-state index contributed by atoms with van der Waals surface area (Å²) in [6.07, 6.45) is 9.09. The van der Waals surface area contributed by atoms with Crippen LogP contribution in [0.3, 0.4) is 0 Å². The lowest BCUT2D eigenvalue weighted by Gasteiger charge is -2.30. The van der Waals surface area contributed by atoms with Gasteiger partial charge < -0.3 is 10.1 Å². The molecule has 2 N–H and O–H groups in total. The number of nitrogens with zero attached hydrogens (tertiary/aromatic N) is 1. The molecule has 2 aliphatic rings. The van der Waals surface area contributed by atoms with Crippen molar-refractivity contribution in [2.45, 2.75) is 89.0 Å². The average molecular weight is 424 g/mol. The predicted octanol–water partition coefficient (Wildman–Crippen LogP) is 3.62. The first kappa shape index (κ1) is 22.0. The Morgan fingerprint density at radius 2 is 1.76 bits per heavy atom. The van der Waals surface area contributed by atoms with Gasteiger partial charge in [-0.3, -0.25) is 4.79 Å². The summed E-state index contributed by atoms with van der Waals surface area (Å²) >= 11 is 0. The number of carbonyl (C=O) groups excluding carboxylic acids is 1. The Labute approximate surface area is 174 Å². The van der Waals surface area contributed by atoms with Crippen LogP contribution in [0.15, 0.2) is 18.3 Å². The summed E-state index contributed by atoms with van der Waals surface area (Å²) in [6, 6.07) is 3.49. The Morgan fingerprint density at radius 3 is 2.38 bits per heavy atom. The Morgan fingerprint density at radius 1 is 1.10 bits per heavy atom. The molecule has 7 nitrogen and oxygen atoms in total. The number of sulfonamides is 1. The van der Waals surface area contributed by atoms with Gasteiger partial charge in [0.2, 0.25) is 15.9 Å². The lowest BCUT2D eigenvalue weighted by Crippen LogP contribution is -2.46. The summed E-state index contributed by atoms with van der Waals surface area (Å²) < 4.78 is 32.6. The maximum absolute atomic E-state index is 12.6. The first-order chi connectivity index (χ1) is 13.6. The van der Waals surface area contributed by atoms with Gasteiger partial charge in [-0.1, -0.05) is 0 Å². The number of carbonyl (C=O) groups is 1. The SMILES string of the molecule is CC(C)(C)S(=O)(=O)NC1CCC(C(=O)Nc2cc(OC3CCCC3)ccn2)CC1. The standard InChI is InChI=1S/C21H33N3O4S/c1-21(2,3)29(26,27)24-16-10-8-15(9-11-16)20(25)23-19-14-18(12-13-22-19)28-17-6-4-5-7-17/h12-17,24H,4-11H2,1-3H3,(H,22,23,25). The normalized spacial score (nSPS) is 23.7. The van der Waals surface area contributed by atoms with E-state index < -0.39 is 14.8 Å². The summed E-state index contributed by atoms with van der Waals surface area (Å²) in [5, 5.41) is 2.90. The summed E-state index contributed by atoms with van der Waals surface area (Å²) in [7, 11) is -3.37. The van der Waals surface area contributed by atoms with Crippen LogP contribution in [0.1, 0.15) is 72.1 Å². The van der Waals surface area contributed by atoms with E-state index in [9.17, 15) is 13.2 Å². The van der Waals surface area contributed by atoms with E-state index in [2.05, 4.69) is 15.0 Å². The summed E-state index contributed by atoms with van der Waals surface area (Å²) in [4.78, 5) is 16.9. The van der Waals surface area contributed by atoms with Crippen molar-refractivity contribution >= 4 is 21.7 Å². The fraction of sp³-hybridized carbons (Fsp3) is 0.714. The van der Waals surface area contributed by atoms with E-state index in [-0.39, 0.29) is 24.0 Å². The molecule has 0 saturated heterocycles. The molecule has 29 heavy (non-hydrogen) atoms. The number of hydrogen-bond acceptors (Lipinski definition) is 5. The van der Waals surface area contributed by atoms with Crippen LogP contribution in [0.2, 0.25) is 0 Å². The van der Waals surface area contributed by atoms with Gasteiger partial charge in [0.25, 0.3) is 0 Å². The van der Waals surface area contributed by atoms with Crippen LogP contribution >= 0.6 is 0 Å². The fourth-order valence-corrected chi connectivity index (χ4v) is 4.88. The molecule has 1 aromatic rings. The van der Waals surface area contributed by atoms with Gasteiger partial charge in [0.1, 0.15) is 11.6 Å². The van der Waals surface area contributed by atoms with Crippen LogP contribution in [0.5, 0.6) is 5.75 Å². The number of pyridine rings is 1. The van der Waals surface area contributed by atoms with Crippen molar-refractivity contribution in [3.8, 4) is 5.75 Å². The van der Waals surface area contributed by atoms with E-state index in [4.69, 9.17) is 4.74 Å².